The summed E-state index contributed by atoms with van der Waals surface area (Å²) in [7, 11) is 0. The van der Waals surface area contributed by atoms with Crippen molar-refractivity contribution in [2.75, 3.05) is 0 Å². The van der Waals surface area contributed by atoms with Crippen LogP contribution in [0.15, 0.2) is 69.1 Å². The molecule has 0 spiro atoms. The van der Waals surface area contributed by atoms with Gasteiger partial charge in [0.05, 0.1) is 14.4 Å². The van der Waals surface area contributed by atoms with Crippen LogP contribution in [-0.4, -0.2) is 9.97 Å². The molecule has 0 radical (unpaired) electrons. The Kier molecular flexibility index (Phi) is 4.63. The van der Waals surface area contributed by atoms with Crippen molar-refractivity contribution in [3.63, 3.8) is 0 Å². The summed E-state index contributed by atoms with van der Waals surface area (Å²) in [6.07, 6.45) is 0. The highest BCUT2D eigenvalue weighted by Gasteiger charge is 2.18. The maximum atomic E-state index is 4.80. The lowest BCUT2D eigenvalue weighted by atomic mass is 10.2. The number of aromatic nitrogens is 2. The minimum atomic E-state index is 0.862. The number of hydrogen-bond donors (Lipinski definition) is 0. The fraction of sp³-hybridized carbons (Fsp3) is 0. The van der Waals surface area contributed by atoms with E-state index in [4.69, 9.17) is 4.98 Å². The van der Waals surface area contributed by atoms with Gasteiger partial charge in [-0.2, -0.15) is 0 Å². The van der Waals surface area contributed by atoms with Gasteiger partial charge in [0.15, 0.2) is 10.0 Å². The lowest BCUT2D eigenvalue weighted by Crippen LogP contribution is -1.79. The highest BCUT2D eigenvalue weighted by Crippen LogP contribution is 2.42. The molecule has 0 fully saturated rings. The molecule has 2 heterocycles. The summed E-state index contributed by atoms with van der Waals surface area (Å²) < 4.78 is 1.89. The number of halogens is 2. The van der Waals surface area contributed by atoms with E-state index in [9.17, 15) is 0 Å². The summed E-state index contributed by atoms with van der Waals surface area (Å²) in [5.74, 6) is 0. The quantitative estimate of drug-likeness (QED) is 0.313. The van der Waals surface area contributed by atoms with Gasteiger partial charge in [-0.3, -0.25) is 0 Å². The van der Waals surface area contributed by atoms with Crippen LogP contribution in [0.25, 0.3) is 31.7 Å². The Morgan fingerprint density at radius 1 is 0.667 bits per heavy atom. The Hall–Kier alpha value is -1.34. The molecule has 0 amide bonds. The fourth-order valence-electron chi connectivity index (χ4n) is 2.33. The van der Waals surface area contributed by atoms with Crippen LogP contribution < -0.4 is 0 Å². The summed E-state index contributed by atoms with van der Waals surface area (Å²) in [5, 5.41) is 1.85. The van der Waals surface area contributed by atoms with E-state index in [1.807, 2.05) is 36.4 Å². The van der Waals surface area contributed by atoms with Gasteiger partial charge in [-0.15, -0.1) is 22.7 Å². The zero-order chi connectivity index (χ0) is 16.5. The Balaban J connectivity index is 1.76. The van der Waals surface area contributed by atoms with E-state index < -0.39 is 0 Å². The molecule has 0 saturated heterocycles. The van der Waals surface area contributed by atoms with E-state index in [2.05, 4.69) is 61.1 Å². The zero-order valence-electron chi connectivity index (χ0n) is 12.2. The van der Waals surface area contributed by atoms with E-state index in [0.717, 1.165) is 40.1 Å². The first-order valence-corrected chi connectivity index (χ1v) is 10.4. The second-order valence-corrected chi connectivity index (χ2v) is 9.08. The van der Waals surface area contributed by atoms with Crippen molar-refractivity contribution >= 4 is 54.5 Å². The van der Waals surface area contributed by atoms with Crippen LogP contribution in [0.5, 0.6) is 0 Å². The predicted octanol–water partition coefficient (Wildman–Crippen LogP) is 7.13. The number of thiazole rings is 2. The fourth-order valence-corrected chi connectivity index (χ4v) is 5.67. The number of rotatable bonds is 3. The molecule has 4 rings (SSSR count). The molecule has 24 heavy (non-hydrogen) atoms. The van der Waals surface area contributed by atoms with Crippen molar-refractivity contribution in [3.05, 3.63) is 69.1 Å². The van der Waals surface area contributed by atoms with Crippen LogP contribution in [0.3, 0.4) is 0 Å². The van der Waals surface area contributed by atoms with Gasteiger partial charge in [-0.05, 0) is 37.4 Å². The molecule has 4 aromatic rings. The smallest absolute Gasteiger partial charge is 0.154 e. The van der Waals surface area contributed by atoms with Crippen molar-refractivity contribution in [2.45, 2.75) is 0 Å². The molecule has 0 aliphatic heterocycles. The van der Waals surface area contributed by atoms with Crippen LogP contribution in [0, 0.1) is 0 Å². The van der Waals surface area contributed by atoms with Crippen LogP contribution in [0.2, 0.25) is 0 Å². The molecule has 6 heteroatoms. The standard InChI is InChI=1S/C18H10Br2N2S2/c19-15-14(12-9-5-2-6-10-12)23-18(22-15)17-21-13(16(20)24-17)11-7-3-1-4-8-11/h1-10H. The van der Waals surface area contributed by atoms with Gasteiger partial charge in [-0.25, -0.2) is 9.97 Å². The molecule has 2 aromatic carbocycles. The summed E-state index contributed by atoms with van der Waals surface area (Å²) in [6, 6.07) is 20.5. The molecule has 2 aromatic heterocycles. The Labute approximate surface area is 164 Å². The Bertz CT molecular complexity index is 897. The van der Waals surface area contributed by atoms with E-state index in [0.29, 0.717) is 0 Å². The lowest BCUT2D eigenvalue weighted by molar-refractivity contribution is 1.32. The molecule has 0 atom stereocenters. The average Bonchev–Trinajstić information content (AvgIpc) is 3.19. The first kappa shape index (κ1) is 16.1. The third kappa shape index (κ3) is 3.11. The largest absolute Gasteiger partial charge is 0.232 e. The summed E-state index contributed by atoms with van der Waals surface area (Å²) >= 11 is 10.5. The highest BCUT2D eigenvalue weighted by molar-refractivity contribution is 9.11. The van der Waals surface area contributed by atoms with E-state index >= 15 is 0 Å². The van der Waals surface area contributed by atoms with Gasteiger partial charge in [0, 0.05) is 5.56 Å². The van der Waals surface area contributed by atoms with Gasteiger partial charge < -0.3 is 0 Å². The first-order chi connectivity index (χ1) is 11.7. The molecular formula is C18H10Br2N2S2. The van der Waals surface area contributed by atoms with E-state index in [1.165, 1.54) is 0 Å². The topological polar surface area (TPSA) is 25.8 Å². The zero-order valence-corrected chi connectivity index (χ0v) is 17.0. The monoisotopic (exact) mass is 476 g/mol. The van der Waals surface area contributed by atoms with Crippen molar-refractivity contribution in [1.29, 1.82) is 0 Å². The molecule has 118 valence electrons. The van der Waals surface area contributed by atoms with Gasteiger partial charge in [-0.1, -0.05) is 60.7 Å². The minimum absolute atomic E-state index is 0.862. The summed E-state index contributed by atoms with van der Waals surface area (Å²) in [4.78, 5) is 10.6. The van der Waals surface area contributed by atoms with E-state index in [-0.39, 0.29) is 0 Å². The maximum Gasteiger partial charge on any atom is 0.154 e. The predicted molar refractivity (Wildman–Crippen MR) is 109 cm³/mol. The van der Waals surface area contributed by atoms with Crippen molar-refractivity contribution < 1.29 is 0 Å². The third-order valence-corrected chi connectivity index (χ3v) is 7.23. The van der Waals surface area contributed by atoms with Crippen molar-refractivity contribution in [3.8, 4) is 31.7 Å². The summed E-state index contributed by atoms with van der Waals surface area (Å²) in [5.41, 5.74) is 3.22. The number of hydrogen-bond acceptors (Lipinski definition) is 4. The Morgan fingerprint density at radius 2 is 1.25 bits per heavy atom. The molecule has 0 aliphatic rings. The molecule has 0 unspecified atom stereocenters. The average molecular weight is 478 g/mol. The maximum absolute atomic E-state index is 4.80. The molecule has 2 nitrogen and oxygen atoms in total. The van der Waals surface area contributed by atoms with Crippen LogP contribution in [0.1, 0.15) is 0 Å². The lowest BCUT2D eigenvalue weighted by Gasteiger charge is -1.95. The van der Waals surface area contributed by atoms with E-state index in [1.54, 1.807) is 22.7 Å². The van der Waals surface area contributed by atoms with Gasteiger partial charge in [0.25, 0.3) is 0 Å². The second-order valence-electron chi connectivity index (χ2n) is 5.01. The second kappa shape index (κ2) is 6.88. The number of nitrogens with zero attached hydrogens (tertiary/aromatic N) is 2. The SMILES string of the molecule is Brc1nc(-c2nc(-c3ccccc3)c(Br)s2)sc1-c1ccccc1. The Morgan fingerprint density at radius 3 is 1.92 bits per heavy atom. The van der Waals surface area contributed by atoms with Gasteiger partial charge >= 0.3 is 0 Å². The van der Waals surface area contributed by atoms with Crippen LogP contribution in [-0.2, 0) is 0 Å². The molecular weight excluding hydrogens is 468 g/mol. The summed E-state index contributed by atoms with van der Waals surface area (Å²) in [6.45, 7) is 0. The third-order valence-electron chi connectivity index (χ3n) is 3.44. The van der Waals surface area contributed by atoms with Crippen LogP contribution in [0.4, 0.5) is 0 Å². The van der Waals surface area contributed by atoms with Gasteiger partial charge in [0.2, 0.25) is 0 Å². The molecule has 0 aliphatic carbocycles. The van der Waals surface area contributed by atoms with Crippen molar-refractivity contribution in [2.24, 2.45) is 0 Å². The first-order valence-electron chi connectivity index (χ1n) is 7.16. The minimum Gasteiger partial charge on any atom is -0.232 e. The molecule has 0 bridgehead atoms. The molecule has 0 N–H and O–H groups in total. The van der Waals surface area contributed by atoms with Crippen LogP contribution >= 0.6 is 54.5 Å². The van der Waals surface area contributed by atoms with Crippen molar-refractivity contribution in [1.82, 2.24) is 9.97 Å². The number of benzene rings is 2. The van der Waals surface area contributed by atoms with Gasteiger partial charge in [0.1, 0.15) is 4.60 Å². The normalized spacial score (nSPS) is 10.9. The highest BCUT2D eigenvalue weighted by atomic mass is 79.9. The molecule has 0 saturated carbocycles.